The number of carbonyl (C=O) groups excluding carboxylic acids is 1. The minimum absolute atomic E-state index is 0.0183. The quantitative estimate of drug-likeness (QED) is 0.571. The topological polar surface area (TPSA) is 105 Å². The maximum atomic E-state index is 13.4. The molecule has 2 fully saturated rings. The van der Waals surface area contributed by atoms with Gasteiger partial charge in [-0.05, 0) is 44.4 Å². The van der Waals surface area contributed by atoms with Gasteiger partial charge in [-0.3, -0.25) is 14.2 Å². The molecule has 1 saturated heterocycles. The molecule has 0 atom stereocenters. The fraction of sp³-hybridized carbons (Fsp3) is 0.458. The summed E-state index contributed by atoms with van der Waals surface area (Å²) in [5.41, 5.74) is 1.52. The molecule has 9 nitrogen and oxygen atoms in total. The molecule has 2 aliphatic rings. The SMILES string of the molecule is [2H]C1([2H])CN(c2ccc(Nc3ncc4c(C)c(C(C)=O)c(=O)n(C5CCCC5)c4n3)nc2)CC([2H])([2H])N1. The van der Waals surface area contributed by atoms with Crippen LogP contribution in [0.25, 0.3) is 11.0 Å². The van der Waals surface area contributed by atoms with Gasteiger partial charge >= 0.3 is 0 Å². The van der Waals surface area contributed by atoms with Crippen molar-refractivity contribution < 1.29 is 10.3 Å². The number of nitrogens with zero attached hydrogens (tertiary/aromatic N) is 5. The van der Waals surface area contributed by atoms with Crippen LogP contribution >= 0.6 is 0 Å². The van der Waals surface area contributed by atoms with Crippen molar-refractivity contribution in [3.05, 3.63) is 46.0 Å². The lowest BCUT2D eigenvalue weighted by Gasteiger charge is -2.29. The number of hydrogen-bond donors (Lipinski definition) is 2. The third-order valence-corrected chi connectivity index (χ3v) is 6.32. The molecule has 9 heteroatoms. The third kappa shape index (κ3) is 4.08. The van der Waals surface area contributed by atoms with E-state index in [9.17, 15) is 9.59 Å². The normalized spacial score (nSPS) is 21.8. The van der Waals surface area contributed by atoms with Gasteiger partial charge in [-0.2, -0.15) is 4.98 Å². The summed E-state index contributed by atoms with van der Waals surface area (Å²) < 4.78 is 33.4. The molecule has 0 bridgehead atoms. The number of fused-ring (bicyclic) bond motifs is 1. The minimum Gasteiger partial charge on any atom is -0.368 e. The van der Waals surface area contributed by atoms with Gasteiger partial charge in [-0.15, -0.1) is 0 Å². The van der Waals surface area contributed by atoms with Crippen LogP contribution in [0.1, 0.15) is 60.1 Å². The number of nitrogens with one attached hydrogen (secondary N) is 2. The highest BCUT2D eigenvalue weighted by molar-refractivity contribution is 5.99. The summed E-state index contributed by atoms with van der Waals surface area (Å²) in [4.78, 5) is 40.7. The summed E-state index contributed by atoms with van der Waals surface area (Å²) in [5, 5.41) is 6.08. The van der Waals surface area contributed by atoms with E-state index in [2.05, 4.69) is 25.6 Å². The highest BCUT2D eigenvalue weighted by Gasteiger charge is 2.25. The van der Waals surface area contributed by atoms with Crippen molar-refractivity contribution in [2.24, 2.45) is 0 Å². The second-order valence-electron chi connectivity index (χ2n) is 8.46. The first-order chi connectivity index (χ1) is 17.4. The van der Waals surface area contributed by atoms with Crippen LogP contribution in [0.4, 0.5) is 17.5 Å². The molecule has 0 spiro atoms. The summed E-state index contributed by atoms with van der Waals surface area (Å²) in [6, 6.07) is 3.39. The van der Waals surface area contributed by atoms with Crippen LogP contribution in [0.3, 0.4) is 0 Å². The number of hydrogen-bond acceptors (Lipinski definition) is 8. The number of Topliss-reactive ketones (excluding diaryl/α,β-unsaturated/α-hetero) is 1. The molecule has 0 amide bonds. The van der Waals surface area contributed by atoms with Gasteiger partial charge in [0.1, 0.15) is 11.5 Å². The number of aromatic nitrogens is 4. The van der Waals surface area contributed by atoms with Crippen molar-refractivity contribution >= 4 is 34.3 Å². The Morgan fingerprint density at radius 3 is 2.61 bits per heavy atom. The van der Waals surface area contributed by atoms with E-state index in [0.29, 0.717) is 28.1 Å². The maximum Gasteiger partial charge on any atom is 0.263 e. The van der Waals surface area contributed by atoms with E-state index in [1.807, 2.05) is 0 Å². The van der Waals surface area contributed by atoms with Gasteiger partial charge in [0.2, 0.25) is 5.95 Å². The van der Waals surface area contributed by atoms with Crippen LogP contribution < -0.4 is 21.1 Å². The molecule has 5 rings (SSSR count). The lowest BCUT2D eigenvalue weighted by atomic mass is 10.0. The van der Waals surface area contributed by atoms with Crippen molar-refractivity contribution in [2.45, 2.75) is 45.6 Å². The molecule has 0 radical (unpaired) electrons. The first kappa shape index (κ1) is 17.2. The molecule has 1 saturated carbocycles. The van der Waals surface area contributed by atoms with Gasteiger partial charge in [0.15, 0.2) is 5.78 Å². The average molecular weight is 452 g/mol. The van der Waals surface area contributed by atoms with Gasteiger partial charge in [-0.25, -0.2) is 9.97 Å². The predicted molar refractivity (Wildman–Crippen MR) is 129 cm³/mol. The standard InChI is InChI=1S/C24H29N7O2/c1-15-19-14-27-24(28-20-8-7-18(13-26-20)30-11-9-25-10-12-30)29-22(19)31(17-5-3-4-6-17)23(33)21(15)16(2)32/h7-8,13-14,17,25H,3-6,9-12H2,1-2H3,(H,26,27,28,29)/i9D2,10D2. The lowest BCUT2D eigenvalue weighted by molar-refractivity contribution is 0.101. The van der Waals surface area contributed by atoms with Crippen molar-refractivity contribution in [3.63, 3.8) is 0 Å². The van der Waals surface area contributed by atoms with Crippen molar-refractivity contribution in [1.29, 1.82) is 0 Å². The Kier molecular flexibility index (Phi) is 4.63. The van der Waals surface area contributed by atoms with Crippen LogP contribution in [0, 0.1) is 6.92 Å². The number of pyridine rings is 2. The Morgan fingerprint density at radius 1 is 1.18 bits per heavy atom. The molecule has 3 aromatic heterocycles. The number of piperazine rings is 1. The molecule has 0 aromatic carbocycles. The minimum atomic E-state index is -1.88. The Balaban J connectivity index is 1.47. The molecule has 2 N–H and O–H groups in total. The zero-order valence-corrected chi connectivity index (χ0v) is 18.7. The zero-order chi connectivity index (χ0) is 26.5. The second-order valence-corrected chi connectivity index (χ2v) is 8.46. The molecule has 172 valence electrons. The Morgan fingerprint density at radius 2 is 1.94 bits per heavy atom. The molecule has 1 aliphatic carbocycles. The Hall–Kier alpha value is -3.33. The molecule has 33 heavy (non-hydrogen) atoms. The number of carbonyl (C=O) groups is 1. The predicted octanol–water partition coefficient (Wildman–Crippen LogP) is 2.97. The van der Waals surface area contributed by atoms with Crippen molar-refractivity contribution in [2.75, 3.05) is 36.3 Å². The summed E-state index contributed by atoms with van der Waals surface area (Å²) in [6.45, 7) is -0.648. The van der Waals surface area contributed by atoms with E-state index < -0.39 is 13.0 Å². The van der Waals surface area contributed by atoms with Crippen LogP contribution in [0.5, 0.6) is 0 Å². The molecule has 4 heterocycles. The van der Waals surface area contributed by atoms with Gasteiger partial charge in [0.05, 0.1) is 17.4 Å². The van der Waals surface area contributed by atoms with Gasteiger partial charge in [0.25, 0.3) is 5.56 Å². The van der Waals surface area contributed by atoms with Crippen molar-refractivity contribution in [3.8, 4) is 0 Å². The fourth-order valence-electron chi connectivity index (χ4n) is 4.64. The van der Waals surface area contributed by atoms with E-state index in [1.54, 1.807) is 40.9 Å². The first-order valence-electron chi connectivity index (χ1n) is 13.1. The number of rotatable bonds is 5. The largest absolute Gasteiger partial charge is 0.368 e. The molecular weight excluding hydrogens is 418 g/mol. The number of anilines is 3. The van der Waals surface area contributed by atoms with E-state index in [4.69, 9.17) is 5.48 Å². The number of ketones is 1. The maximum absolute atomic E-state index is 13.4. The smallest absolute Gasteiger partial charge is 0.263 e. The second kappa shape index (κ2) is 8.90. The van der Waals surface area contributed by atoms with Gasteiger partial charge in [-0.1, -0.05) is 12.8 Å². The average Bonchev–Trinajstić information content (AvgIpc) is 3.32. The Bertz CT molecular complexity index is 1400. The lowest BCUT2D eigenvalue weighted by Crippen LogP contribution is -2.43. The van der Waals surface area contributed by atoms with Gasteiger partial charge < -0.3 is 15.5 Å². The van der Waals surface area contributed by atoms with Crippen LogP contribution in [-0.4, -0.2) is 51.4 Å². The monoisotopic (exact) mass is 451 g/mol. The van der Waals surface area contributed by atoms with E-state index in [0.717, 1.165) is 25.7 Å². The van der Waals surface area contributed by atoms with Gasteiger partial charge in [0, 0.05) is 49.2 Å². The Labute approximate surface area is 197 Å². The van der Waals surface area contributed by atoms with E-state index in [1.165, 1.54) is 6.92 Å². The summed E-state index contributed by atoms with van der Waals surface area (Å²) in [6.07, 6.45) is 6.91. The molecule has 1 aliphatic heterocycles. The summed E-state index contributed by atoms with van der Waals surface area (Å²) >= 11 is 0. The van der Waals surface area contributed by atoms with Crippen LogP contribution in [-0.2, 0) is 0 Å². The van der Waals surface area contributed by atoms with E-state index in [-0.39, 0.29) is 42.0 Å². The summed E-state index contributed by atoms with van der Waals surface area (Å²) in [7, 11) is 0. The highest BCUT2D eigenvalue weighted by atomic mass is 16.1. The van der Waals surface area contributed by atoms with Crippen LogP contribution in [0.2, 0.25) is 0 Å². The molecular formula is C24H29N7O2. The molecule has 0 unspecified atom stereocenters. The zero-order valence-electron chi connectivity index (χ0n) is 22.7. The highest BCUT2D eigenvalue weighted by Crippen LogP contribution is 2.32. The third-order valence-electron chi connectivity index (χ3n) is 6.32. The first-order valence-corrected chi connectivity index (χ1v) is 11.1. The van der Waals surface area contributed by atoms with Crippen LogP contribution in [0.15, 0.2) is 29.3 Å². The van der Waals surface area contributed by atoms with E-state index >= 15 is 0 Å². The fourth-order valence-corrected chi connectivity index (χ4v) is 4.64. The van der Waals surface area contributed by atoms with Crippen molar-refractivity contribution in [1.82, 2.24) is 24.8 Å². The summed E-state index contributed by atoms with van der Waals surface area (Å²) in [5.74, 6) is 0.424. The number of aryl methyl sites for hydroxylation is 1. The molecule has 3 aromatic rings.